The third kappa shape index (κ3) is 1.85. The molecule has 0 radical (unpaired) electrons. The van der Waals surface area contributed by atoms with E-state index in [2.05, 4.69) is 11.0 Å². The topological polar surface area (TPSA) is 36.6 Å². The number of benzene rings is 1. The minimum Gasteiger partial charge on any atom is -0.464 e. The van der Waals surface area contributed by atoms with Gasteiger partial charge in [-0.2, -0.15) is 0 Å². The summed E-state index contributed by atoms with van der Waals surface area (Å²) in [6.45, 7) is 2.30. The molecule has 3 heteroatoms. The van der Waals surface area contributed by atoms with Crippen LogP contribution in [0.25, 0.3) is 11.0 Å². The van der Waals surface area contributed by atoms with Crippen LogP contribution < -0.4 is 0 Å². The highest BCUT2D eigenvalue weighted by atomic mass is 16.3. The summed E-state index contributed by atoms with van der Waals surface area (Å²) >= 11 is 0. The number of hydrogen-bond acceptors (Lipinski definition) is 3. The Bertz CT molecular complexity index is 500. The van der Waals surface area contributed by atoms with Gasteiger partial charge in [0.2, 0.25) is 0 Å². The number of aliphatic hydroxyl groups excluding tert-OH is 1. The quantitative estimate of drug-likeness (QED) is 0.882. The molecule has 1 unspecified atom stereocenters. The summed E-state index contributed by atoms with van der Waals surface area (Å²) in [6.07, 6.45) is 4.25. The Balaban J connectivity index is 2.00. The fourth-order valence-corrected chi connectivity index (χ4v) is 2.72. The average molecular weight is 231 g/mol. The number of rotatable bonds is 3. The molecule has 1 aliphatic rings. The molecule has 2 heterocycles. The first-order valence-electron chi connectivity index (χ1n) is 6.21. The number of para-hydroxylation sites is 1. The van der Waals surface area contributed by atoms with E-state index in [4.69, 9.17) is 4.42 Å². The Morgan fingerprint density at radius 1 is 1.24 bits per heavy atom. The van der Waals surface area contributed by atoms with Crippen LogP contribution in [0.5, 0.6) is 0 Å². The monoisotopic (exact) mass is 231 g/mol. The zero-order valence-corrected chi connectivity index (χ0v) is 9.80. The van der Waals surface area contributed by atoms with E-state index >= 15 is 0 Å². The van der Waals surface area contributed by atoms with Crippen LogP contribution in [-0.2, 0) is 0 Å². The molecule has 0 saturated carbocycles. The number of furan rings is 1. The predicted molar refractivity (Wildman–Crippen MR) is 66.8 cm³/mol. The molecule has 1 aromatic carbocycles. The normalized spacial score (nSPS) is 18.9. The first kappa shape index (κ1) is 10.8. The molecule has 0 amide bonds. The first-order chi connectivity index (χ1) is 8.40. The molecular weight excluding hydrogens is 214 g/mol. The average Bonchev–Trinajstić information content (AvgIpc) is 3.01. The lowest BCUT2D eigenvalue weighted by Gasteiger charge is -2.24. The maximum atomic E-state index is 9.63. The molecule has 90 valence electrons. The largest absolute Gasteiger partial charge is 0.464 e. The number of nitrogens with zero attached hydrogens (tertiary/aromatic N) is 1. The molecule has 3 rings (SSSR count). The summed E-state index contributed by atoms with van der Waals surface area (Å²) in [4.78, 5) is 2.34. The smallest absolute Gasteiger partial charge is 0.134 e. The van der Waals surface area contributed by atoms with E-state index < -0.39 is 0 Å². The summed E-state index contributed by atoms with van der Waals surface area (Å²) in [6, 6.07) is 8.10. The lowest BCUT2D eigenvalue weighted by molar-refractivity contribution is 0.147. The Hall–Kier alpha value is -1.32. The molecule has 1 atom stereocenters. The van der Waals surface area contributed by atoms with Crippen LogP contribution in [0.4, 0.5) is 0 Å². The SMILES string of the molecule is OCC(c1coc2ccccc12)N1CCCC1. The molecule has 1 aliphatic heterocycles. The Morgan fingerprint density at radius 3 is 2.76 bits per heavy atom. The highest BCUT2D eigenvalue weighted by Gasteiger charge is 2.25. The van der Waals surface area contributed by atoms with Gasteiger partial charge < -0.3 is 9.52 Å². The minimum atomic E-state index is 0.0844. The second-order valence-electron chi connectivity index (χ2n) is 4.63. The number of aliphatic hydroxyl groups is 1. The molecule has 1 aromatic heterocycles. The highest BCUT2D eigenvalue weighted by molar-refractivity contribution is 5.81. The lowest BCUT2D eigenvalue weighted by Crippen LogP contribution is -2.28. The van der Waals surface area contributed by atoms with Crippen LogP contribution in [0.3, 0.4) is 0 Å². The fraction of sp³-hybridized carbons (Fsp3) is 0.429. The zero-order valence-electron chi connectivity index (χ0n) is 9.80. The van der Waals surface area contributed by atoms with Crippen molar-refractivity contribution in [3.8, 4) is 0 Å². The van der Waals surface area contributed by atoms with Crippen LogP contribution in [0.15, 0.2) is 34.9 Å². The molecule has 2 aromatic rings. The van der Waals surface area contributed by atoms with Crippen molar-refractivity contribution in [1.29, 1.82) is 0 Å². The van der Waals surface area contributed by atoms with Gasteiger partial charge in [0, 0.05) is 10.9 Å². The van der Waals surface area contributed by atoms with Crippen molar-refractivity contribution in [3.05, 3.63) is 36.1 Å². The van der Waals surface area contributed by atoms with Gasteiger partial charge in [-0.05, 0) is 32.0 Å². The minimum absolute atomic E-state index is 0.0844. The number of fused-ring (bicyclic) bond motifs is 1. The molecule has 0 spiro atoms. The van der Waals surface area contributed by atoms with Crippen LogP contribution in [-0.4, -0.2) is 29.7 Å². The molecule has 0 bridgehead atoms. The fourth-order valence-electron chi connectivity index (χ4n) is 2.72. The zero-order chi connectivity index (χ0) is 11.7. The molecule has 0 aliphatic carbocycles. The van der Waals surface area contributed by atoms with Crippen molar-refractivity contribution in [2.24, 2.45) is 0 Å². The number of likely N-dealkylation sites (tertiary alicyclic amines) is 1. The van der Waals surface area contributed by atoms with Crippen LogP contribution in [0.2, 0.25) is 0 Å². The van der Waals surface area contributed by atoms with Gasteiger partial charge in [0.05, 0.1) is 18.9 Å². The Morgan fingerprint density at radius 2 is 2.00 bits per heavy atom. The van der Waals surface area contributed by atoms with Crippen molar-refractivity contribution < 1.29 is 9.52 Å². The van der Waals surface area contributed by atoms with Gasteiger partial charge in [-0.15, -0.1) is 0 Å². The van der Waals surface area contributed by atoms with Gasteiger partial charge in [-0.3, -0.25) is 4.90 Å². The Labute approximate surface area is 101 Å². The van der Waals surface area contributed by atoms with Crippen LogP contribution >= 0.6 is 0 Å². The summed E-state index contributed by atoms with van der Waals surface area (Å²) in [5, 5.41) is 10.8. The van der Waals surface area contributed by atoms with Crippen LogP contribution in [0, 0.1) is 0 Å². The summed E-state index contributed by atoms with van der Waals surface area (Å²) in [5.74, 6) is 0. The summed E-state index contributed by atoms with van der Waals surface area (Å²) < 4.78 is 5.55. The third-order valence-corrected chi connectivity index (χ3v) is 3.62. The molecule has 1 N–H and O–H groups in total. The van der Waals surface area contributed by atoms with Crippen LogP contribution in [0.1, 0.15) is 24.4 Å². The van der Waals surface area contributed by atoms with Crippen molar-refractivity contribution in [2.45, 2.75) is 18.9 Å². The molecule has 1 saturated heterocycles. The van der Waals surface area contributed by atoms with E-state index in [-0.39, 0.29) is 12.6 Å². The van der Waals surface area contributed by atoms with E-state index in [1.54, 1.807) is 6.26 Å². The number of hydrogen-bond donors (Lipinski definition) is 1. The van der Waals surface area contributed by atoms with Crippen molar-refractivity contribution in [1.82, 2.24) is 4.90 Å². The van der Waals surface area contributed by atoms with Crippen molar-refractivity contribution in [2.75, 3.05) is 19.7 Å². The lowest BCUT2D eigenvalue weighted by atomic mass is 10.1. The maximum absolute atomic E-state index is 9.63. The van der Waals surface area contributed by atoms with Gasteiger partial charge >= 0.3 is 0 Å². The molecule has 1 fully saturated rings. The second kappa shape index (κ2) is 4.51. The first-order valence-corrected chi connectivity index (χ1v) is 6.21. The second-order valence-corrected chi connectivity index (χ2v) is 4.63. The van der Waals surface area contributed by atoms with E-state index in [0.717, 1.165) is 29.6 Å². The summed E-state index contributed by atoms with van der Waals surface area (Å²) in [7, 11) is 0. The molecular formula is C14H17NO2. The maximum Gasteiger partial charge on any atom is 0.134 e. The van der Waals surface area contributed by atoms with E-state index in [0.29, 0.717) is 0 Å². The van der Waals surface area contributed by atoms with Gasteiger partial charge in [0.15, 0.2) is 0 Å². The summed E-state index contributed by atoms with van der Waals surface area (Å²) in [5.41, 5.74) is 2.02. The van der Waals surface area contributed by atoms with Gasteiger partial charge in [0.1, 0.15) is 5.58 Å². The standard InChI is InChI=1S/C14H17NO2/c16-9-13(15-7-3-4-8-15)12-10-17-14-6-2-1-5-11(12)14/h1-2,5-6,10,13,16H,3-4,7-9H2. The van der Waals surface area contributed by atoms with Crippen molar-refractivity contribution in [3.63, 3.8) is 0 Å². The Kier molecular flexibility index (Phi) is 2.87. The van der Waals surface area contributed by atoms with E-state index in [9.17, 15) is 5.11 Å². The van der Waals surface area contributed by atoms with E-state index in [1.165, 1.54) is 12.8 Å². The van der Waals surface area contributed by atoms with Gasteiger partial charge in [-0.25, -0.2) is 0 Å². The third-order valence-electron chi connectivity index (χ3n) is 3.62. The van der Waals surface area contributed by atoms with Gasteiger partial charge in [0.25, 0.3) is 0 Å². The molecule has 17 heavy (non-hydrogen) atoms. The van der Waals surface area contributed by atoms with Crippen molar-refractivity contribution >= 4 is 11.0 Å². The highest BCUT2D eigenvalue weighted by Crippen LogP contribution is 2.31. The molecule has 3 nitrogen and oxygen atoms in total. The van der Waals surface area contributed by atoms with E-state index in [1.807, 2.05) is 18.2 Å². The van der Waals surface area contributed by atoms with Gasteiger partial charge in [-0.1, -0.05) is 18.2 Å². The predicted octanol–water partition coefficient (Wildman–Crippen LogP) is 2.56.